The molecule has 0 aliphatic rings. The number of pyridine rings is 1. The third kappa shape index (κ3) is 5.67. The molecule has 0 saturated carbocycles. The van der Waals surface area contributed by atoms with Crippen LogP contribution in [0.4, 0.5) is 8.78 Å². The number of halogens is 4. The second-order valence-corrected chi connectivity index (χ2v) is 9.35. The molecule has 38 heavy (non-hydrogen) atoms. The maximum Gasteiger partial charge on any atom is 0.309 e. The summed E-state index contributed by atoms with van der Waals surface area (Å²) < 4.78 is 39.1. The number of aliphatic hydroxyl groups is 1. The number of nitrogens with zero attached hydrogens (tertiary/aromatic N) is 1. The van der Waals surface area contributed by atoms with Gasteiger partial charge in [0.2, 0.25) is 11.5 Å². The van der Waals surface area contributed by atoms with Gasteiger partial charge in [0.05, 0.1) is 23.1 Å². The number of aromatic nitrogens is 1. The fraction of sp³-hybridized carbons (Fsp3) is 0.269. The number of aromatic hydroxyl groups is 1. The SMILES string of the molecule is COc1cc[n+]([O-])c(C(=O)C[C@@H](C)C(=O)O[C@@H](C)C(O)(c2ccc(Cl)c(F)c2)c2ccc(Cl)c(F)c2)c1O. The van der Waals surface area contributed by atoms with Crippen molar-refractivity contribution in [1.82, 2.24) is 0 Å². The number of benzene rings is 2. The van der Waals surface area contributed by atoms with Crippen molar-refractivity contribution in [1.29, 1.82) is 0 Å². The Morgan fingerprint density at radius 2 is 1.58 bits per heavy atom. The summed E-state index contributed by atoms with van der Waals surface area (Å²) in [6, 6.07) is 7.94. The Kier molecular flexibility index (Phi) is 8.81. The molecule has 0 saturated heterocycles. The van der Waals surface area contributed by atoms with Crippen molar-refractivity contribution in [3.05, 3.63) is 92.4 Å². The van der Waals surface area contributed by atoms with Crippen LogP contribution < -0.4 is 9.47 Å². The summed E-state index contributed by atoms with van der Waals surface area (Å²) in [5.41, 5.74) is -3.08. The monoisotopic (exact) mass is 569 g/mol. The van der Waals surface area contributed by atoms with Gasteiger partial charge in [0, 0.05) is 12.5 Å². The highest BCUT2D eigenvalue weighted by Crippen LogP contribution is 2.38. The van der Waals surface area contributed by atoms with Gasteiger partial charge < -0.3 is 24.9 Å². The fourth-order valence-corrected chi connectivity index (χ4v) is 4.10. The van der Waals surface area contributed by atoms with Crippen molar-refractivity contribution in [3.63, 3.8) is 0 Å². The highest BCUT2D eigenvalue weighted by Gasteiger charge is 2.42. The minimum Gasteiger partial charge on any atom is -0.618 e. The number of carbonyl (C=O) groups is 2. The Balaban J connectivity index is 1.90. The molecular formula is C26H23Cl2F2NO7. The lowest BCUT2D eigenvalue weighted by Crippen LogP contribution is -2.43. The van der Waals surface area contributed by atoms with E-state index in [4.69, 9.17) is 32.7 Å². The van der Waals surface area contributed by atoms with E-state index in [1.165, 1.54) is 51.3 Å². The molecule has 0 unspecified atom stereocenters. The maximum absolute atomic E-state index is 14.3. The molecule has 2 atom stereocenters. The van der Waals surface area contributed by atoms with Crippen LogP contribution >= 0.6 is 23.2 Å². The third-order valence-corrected chi connectivity index (χ3v) is 6.63. The first-order valence-corrected chi connectivity index (χ1v) is 11.9. The molecule has 1 aromatic heterocycles. The lowest BCUT2D eigenvalue weighted by atomic mass is 9.82. The smallest absolute Gasteiger partial charge is 0.309 e. The number of ether oxygens (including phenoxy) is 2. The first kappa shape index (κ1) is 29.1. The van der Waals surface area contributed by atoms with Crippen LogP contribution in [0.5, 0.6) is 11.5 Å². The van der Waals surface area contributed by atoms with Crippen LogP contribution in [0.3, 0.4) is 0 Å². The van der Waals surface area contributed by atoms with Crippen LogP contribution in [0, 0.1) is 22.8 Å². The van der Waals surface area contributed by atoms with Crippen LogP contribution in [0.25, 0.3) is 0 Å². The molecule has 0 bridgehead atoms. The fourth-order valence-electron chi connectivity index (χ4n) is 3.87. The second-order valence-electron chi connectivity index (χ2n) is 8.54. The molecule has 12 heteroatoms. The highest BCUT2D eigenvalue weighted by atomic mass is 35.5. The van der Waals surface area contributed by atoms with Crippen LogP contribution in [0.1, 0.15) is 41.9 Å². The Hall–Kier alpha value is -3.47. The van der Waals surface area contributed by atoms with Gasteiger partial charge in [-0.25, -0.2) is 8.78 Å². The molecule has 0 amide bonds. The summed E-state index contributed by atoms with van der Waals surface area (Å²) >= 11 is 11.5. The summed E-state index contributed by atoms with van der Waals surface area (Å²) in [6.07, 6.45) is -1.02. The number of rotatable bonds is 9. The quantitative estimate of drug-likeness (QED) is 0.166. The average Bonchev–Trinajstić information content (AvgIpc) is 2.86. The van der Waals surface area contributed by atoms with Crippen LogP contribution in [0.15, 0.2) is 48.7 Å². The van der Waals surface area contributed by atoms with E-state index in [1.807, 2.05) is 0 Å². The van der Waals surface area contributed by atoms with Gasteiger partial charge in [0.15, 0.2) is 17.5 Å². The molecule has 2 N–H and O–H groups in total. The standard InChI is InChI=1S/C26H23Cl2F2NO7/c1-13(10-21(32)23-24(33)22(37-3)8-9-31(23)36)25(34)38-14(2)26(35,15-4-6-17(27)19(29)11-15)16-5-7-18(28)20(30)12-16/h4-9,11-14,33,35H,10H2,1-3H3/t13-,14+/m1/s1. The van der Waals surface area contributed by atoms with Gasteiger partial charge in [-0.15, -0.1) is 0 Å². The van der Waals surface area contributed by atoms with E-state index in [0.717, 1.165) is 18.3 Å². The Morgan fingerprint density at radius 1 is 1.05 bits per heavy atom. The molecule has 1 heterocycles. The van der Waals surface area contributed by atoms with E-state index >= 15 is 0 Å². The minimum absolute atomic E-state index is 0.0983. The number of methoxy groups -OCH3 is 1. The molecular weight excluding hydrogens is 547 g/mol. The van der Waals surface area contributed by atoms with Crippen molar-refractivity contribution in [3.8, 4) is 11.5 Å². The predicted octanol–water partition coefficient (Wildman–Crippen LogP) is 4.70. The second kappa shape index (κ2) is 11.5. The summed E-state index contributed by atoms with van der Waals surface area (Å²) in [5.74, 6) is -5.54. The molecule has 202 valence electrons. The first-order chi connectivity index (χ1) is 17.8. The normalized spacial score (nSPS) is 13.1. The van der Waals surface area contributed by atoms with E-state index in [1.54, 1.807) is 0 Å². The molecule has 0 aliphatic carbocycles. The number of carbonyl (C=O) groups excluding carboxylic acids is 2. The molecule has 3 aromatic rings. The average molecular weight is 570 g/mol. The zero-order valence-electron chi connectivity index (χ0n) is 20.4. The molecule has 0 radical (unpaired) electrons. The maximum atomic E-state index is 14.3. The molecule has 3 rings (SSSR count). The largest absolute Gasteiger partial charge is 0.618 e. The van der Waals surface area contributed by atoms with Gasteiger partial charge in [-0.2, -0.15) is 4.73 Å². The molecule has 0 spiro atoms. The van der Waals surface area contributed by atoms with Gasteiger partial charge in [0.1, 0.15) is 17.7 Å². The lowest BCUT2D eigenvalue weighted by Gasteiger charge is -2.35. The summed E-state index contributed by atoms with van der Waals surface area (Å²) in [6.45, 7) is 2.63. The van der Waals surface area contributed by atoms with Crippen molar-refractivity contribution in [2.24, 2.45) is 5.92 Å². The van der Waals surface area contributed by atoms with Crippen LogP contribution in [-0.2, 0) is 15.1 Å². The van der Waals surface area contributed by atoms with Crippen molar-refractivity contribution in [2.45, 2.75) is 32.0 Å². The van der Waals surface area contributed by atoms with Crippen molar-refractivity contribution < 1.29 is 42.8 Å². The van der Waals surface area contributed by atoms with Gasteiger partial charge in [-0.1, -0.05) is 42.3 Å². The van der Waals surface area contributed by atoms with Crippen LogP contribution in [0.2, 0.25) is 10.0 Å². The Bertz CT molecular complexity index is 1330. The van der Waals surface area contributed by atoms with Crippen molar-refractivity contribution in [2.75, 3.05) is 7.11 Å². The zero-order valence-corrected chi connectivity index (χ0v) is 21.9. The van der Waals surface area contributed by atoms with Gasteiger partial charge in [-0.05, 0) is 42.3 Å². The molecule has 0 aliphatic heterocycles. The van der Waals surface area contributed by atoms with E-state index in [-0.39, 0.29) is 31.7 Å². The number of esters is 1. The molecule has 0 fully saturated rings. The van der Waals surface area contributed by atoms with Crippen LogP contribution in [-0.4, -0.2) is 35.2 Å². The van der Waals surface area contributed by atoms with Crippen molar-refractivity contribution >= 4 is 35.0 Å². The third-order valence-electron chi connectivity index (χ3n) is 6.02. The number of hydrogen-bond acceptors (Lipinski definition) is 7. The molecule has 8 nitrogen and oxygen atoms in total. The van der Waals surface area contributed by atoms with E-state index < -0.39 is 58.9 Å². The van der Waals surface area contributed by atoms with Gasteiger partial charge in [-0.3, -0.25) is 9.59 Å². The van der Waals surface area contributed by atoms with E-state index in [0.29, 0.717) is 0 Å². The number of Topliss-reactive ketones (excluding diaryl/α,β-unsaturated/α-hetero) is 1. The Morgan fingerprint density at radius 3 is 2.05 bits per heavy atom. The molecule has 2 aromatic carbocycles. The lowest BCUT2D eigenvalue weighted by molar-refractivity contribution is -0.608. The van der Waals surface area contributed by atoms with E-state index in [9.17, 15) is 33.8 Å². The number of hydrogen-bond donors (Lipinski definition) is 2. The summed E-state index contributed by atoms with van der Waals surface area (Å²) in [7, 11) is 1.24. The summed E-state index contributed by atoms with van der Waals surface area (Å²) in [5, 5.41) is 33.5. The topological polar surface area (TPSA) is 120 Å². The van der Waals surface area contributed by atoms with Gasteiger partial charge >= 0.3 is 11.7 Å². The first-order valence-electron chi connectivity index (χ1n) is 11.2. The van der Waals surface area contributed by atoms with Gasteiger partial charge in [0.25, 0.3) is 0 Å². The van der Waals surface area contributed by atoms with E-state index in [2.05, 4.69) is 0 Å². The highest BCUT2D eigenvalue weighted by molar-refractivity contribution is 6.31. The number of ketones is 1. The predicted molar refractivity (Wildman–Crippen MR) is 133 cm³/mol. The minimum atomic E-state index is -2.26. The Labute approximate surface area is 226 Å². The summed E-state index contributed by atoms with van der Waals surface area (Å²) in [4.78, 5) is 25.6. The zero-order chi connectivity index (χ0) is 28.4.